The van der Waals surface area contributed by atoms with Crippen molar-refractivity contribution in [2.75, 3.05) is 36.9 Å². The Morgan fingerprint density at radius 2 is 2.06 bits per heavy atom. The second-order valence-corrected chi connectivity index (χ2v) is 8.30. The number of nitrogens with zero attached hydrogens (tertiary/aromatic N) is 3. The summed E-state index contributed by atoms with van der Waals surface area (Å²) in [6.07, 6.45) is 2.98. The van der Waals surface area contributed by atoms with E-state index in [0.717, 1.165) is 5.56 Å². The van der Waals surface area contributed by atoms with Crippen LogP contribution < -0.4 is 10.6 Å². The molecular weight excluding hydrogens is 463 g/mol. The van der Waals surface area contributed by atoms with Crippen molar-refractivity contribution in [3.63, 3.8) is 0 Å². The molecule has 0 unspecified atom stereocenters. The van der Waals surface area contributed by atoms with Crippen LogP contribution in [0.25, 0.3) is 11.6 Å². The average molecular weight is 483 g/mol. The van der Waals surface area contributed by atoms with Crippen LogP contribution in [0.2, 0.25) is 5.02 Å². The molecule has 0 spiro atoms. The zero-order valence-electron chi connectivity index (χ0n) is 18.1. The van der Waals surface area contributed by atoms with Gasteiger partial charge in [0.1, 0.15) is 29.5 Å². The maximum atomic E-state index is 13.5. The standard InChI is InChI=1S/C23H20ClFN6O3/c1-12-8-18(23(33)31-4-6-34-7-5-31)29-17(12)10-14-19-20(26-11-27-21(19)30-22(14)32)28-13-2-3-16(25)15(24)9-13/h2-3,8-11,29H,4-7H2,1H3,(H2,26,27,28,30,32)/b14-10-. The van der Waals surface area contributed by atoms with Crippen LogP contribution >= 0.6 is 11.6 Å². The summed E-state index contributed by atoms with van der Waals surface area (Å²) in [5.74, 6) is -0.318. The first-order valence-corrected chi connectivity index (χ1v) is 11.0. The van der Waals surface area contributed by atoms with Crippen molar-refractivity contribution in [2.24, 2.45) is 0 Å². The summed E-state index contributed by atoms with van der Waals surface area (Å²) >= 11 is 5.89. The maximum absolute atomic E-state index is 13.5. The Kier molecular flexibility index (Phi) is 5.76. The number of morpholine rings is 1. The zero-order valence-corrected chi connectivity index (χ0v) is 18.9. The number of nitrogens with one attached hydrogen (secondary N) is 3. The van der Waals surface area contributed by atoms with Crippen molar-refractivity contribution in [3.8, 4) is 0 Å². The van der Waals surface area contributed by atoms with Crippen molar-refractivity contribution >= 4 is 52.4 Å². The van der Waals surface area contributed by atoms with Gasteiger partial charge in [-0.2, -0.15) is 0 Å². The molecule has 2 aliphatic rings. The molecule has 2 amide bonds. The number of fused-ring (bicyclic) bond motifs is 1. The number of hydrogen-bond donors (Lipinski definition) is 3. The van der Waals surface area contributed by atoms with E-state index in [-0.39, 0.29) is 16.8 Å². The minimum atomic E-state index is -0.540. The van der Waals surface area contributed by atoms with Crippen LogP contribution in [0.4, 0.5) is 21.7 Å². The molecule has 9 nitrogen and oxygen atoms in total. The van der Waals surface area contributed by atoms with Crippen molar-refractivity contribution < 1.29 is 18.7 Å². The molecule has 3 aromatic rings. The number of rotatable bonds is 4. The lowest BCUT2D eigenvalue weighted by molar-refractivity contribution is -0.110. The third-order valence-corrected chi connectivity index (χ3v) is 5.94. The average Bonchev–Trinajstić information content (AvgIpc) is 3.36. The van der Waals surface area contributed by atoms with Crippen LogP contribution in [0.3, 0.4) is 0 Å². The first-order valence-electron chi connectivity index (χ1n) is 10.6. The summed E-state index contributed by atoms with van der Waals surface area (Å²) in [5.41, 5.74) is 3.15. The minimum Gasteiger partial charge on any atom is -0.378 e. The number of amides is 2. The number of carbonyl (C=O) groups is 2. The molecule has 0 aliphatic carbocycles. The SMILES string of the molecule is Cc1cc(C(=O)N2CCOCC2)[nH]c1/C=C1\C(=O)Nc2ncnc(Nc3ccc(F)c(Cl)c3)c21. The second kappa shape index (κ2) is 8.88. The topological polar surface area (TPSA) is 112 Å². The number of carbonyl (C=O) groups excluding carboxylic acids is 2. The van der Waals surface area contributed by atoms with Crippen molar-refractivity contribution in [1.29, 1.82) is 0 Å². The number of anilines is 3. The third-order valence-electron chi connectivity index (χ3n) is 5.65. The predicted molar refractivity (Wildman–Crippen MR) is 125 cm³/mol. The minimum absolute atomic E-state index is 0.0415. The van der Waals surface area contributed by atoms with Gasteiger partial charge in [0, 0.05) is 24.5 Å². The Morgan fingerprint density at radius 3 is 2.82 bits per heavy atom. The largest absolute Gasteiger partial charge is 0.378 e. The summed E-state index contributed by atoms with van der Waals surface area (Å²) < 4.78 is 18.9. The molecule has 2 aromatic heterocycles. The molecule has 0 atom stereocenters. The zero-order chi connectivity index (χ0) is 23.8. The molecule has 4 heterocycles. The fourth-order valence-corrected chi connectivity index (χ4v) is 4.07. The molecule has 0 radical (unpaired) electrons. The number of aryl methyl sites for hydroxylation is 1. The van der Waals surface area contributed by atoms with Crippen molar-refractivity contribution in [2.45, 2.75) is 6.92 Å². The fourth-order valence-electron chi connectivity index (χ4n) is 3.89. The van der Waals surface area contributed by atoms with E-state index in [0.29, 0.717) is 66.2 Å². The van der Waals surface area contributed by atoms with Gasteiger partial charge >= 0.3 is 0 Å². The van der Waals surface area contributed by atoms with Gasteiger partial charge in [0.15, 0.2) is 0 Å². The van der Waals surface area contributed by atoms with Crippen LogP contribution in [-0.4, -0.2) is 58.0 Å². The molecule has 11 heteroatoms. The Balaban J connectivity index is 1.49. The molecule has 0 saturated carbocycles. The summed E-state index contributed by atoms with van der Waals surface area (Å²) in [6.45, 7) is 3.93. The van der Waals surface area contributed by atoms with Crippen LogP contribution in [0.5, 0.6) is 0 Å². The molecule has 34 heavy (non-hydrogen) atoms. The second-order valence-electron chi connectivity index (χ2n) is 7.90. The van der Waals surface area contributed by atoms with E-state index in [2.05, 4.69) is 25.6 Å². The van der Waals surface area contributed by atoms with E-state index < -0.39 is 5.82 Å². The van der Waals surface area contributed by atoms with Gasteiger partial charge in [-0.15, -0.1) is 0 Å². The van der Waals surface area contributed by atoms with Gasteiger partial charge < -0.3 is 25.3 Å². The lowest BCUT2D eigenvalue weighted by atomic mass is 10.1. The number of aromatic amines is 1. The summed E-state index contributed by atoms with van der Waals surface area (Å²) in [7, 11) is 0. The number of ether oxygens (including phenoxy) is 1. The van der Waals surface area contributed by atoms with E-state index in [9.17, 15) is 14.0 Å². The molecule has 1 fully saturated rings. The number of halogens is 2. The van der Waals surface area contributed by atoms with E-state index >= 15 is 0 Å². The van der Waals surface area contributed by atoms with Gasteiger partial charge in [0.05, 0.1) is 29.4 Å². The quantitative estimate of drug-likeness (QED) is 0.490. The van der Waals surface area contributed by atoms with Gasteiger partial charge in [0.25, 0.3) is 11.8 Å². The van der Waals surface area contributed by atoms with Crippen LogP contribution in [0.1, 0.15) is 27.3 Å². The number of hydrogen-bond acceptors (Lipinski definition) is 6. The monoisotopic (exact) mass is 482 g/mol. The Labute approximate surface area is 199 Å². The number of benzene rings is 1. The Morgan fingerprint density at radius 1 is 1.26 bits per heavy atom. The van der Waals surface area contributed by atoms with Crippen LogP contribution in [0, 0.1) is 12.7 Å². The van der Waals surface area contributed by atoms with Gasteiger partial charge in [-0.05, 0) is 42.8 Å². The normalized spacial score (nSPS) is 16.5. The number of H-pyrrole nitrogens is 1. The first-order chi connectivity index (χ1) is 16.4. The smallest absolute Gasteiger partial charge is 0.270 e. The Hall–Kier alpha value is -3.76. The van der Waals surface area contributed by atoms with Gasteiger partial charge in [-0.3, -0.25) is 9.59 Å². The van der Waals surface area contributed by atoms with E-state index in [1.54, 1.807) is 17.0 Å². The molecule has 1 saturated heterocycles. The highest BCUT2D eigenvalue weighted by Crippen LogP contribution is 2.37. The summed E-state index contributed by atoms with van der Waals surface area (Å²) in [4.78, 5) is 38.9. The van der Waals surface area contributed by atoms with Crippen molar-refractivity contribution in [1.82, 2.24) is 19.9 Å². The Bertz CT molecular complexity index is 1330. The van der Waals surface area contributed by atoms with E-state index in [1.165, 1.54) is 24.5 Å². The number of aromatic nitrogens is 3. The van der Waals surface area contributed by atoms with Gasteiger partial charge in [0.2, 0.25) is 0 Å². The lowest BCUT2D eigenvalue weighted by Gasteiger charge is -2.26. The van der Waals surface area contributed by atoms with Gasteiger partial charge in [-0.1, -0.05) is 11.6 Å². The fraction of sp³-hybridized carbons (Fsp3) is 0.217. The highest BCUT2D eigenvalue weighted by molar-refractivity contribution is 6.35. The maximum Gasteiger partial charge on any atom is 0.270 e. The molecular formula is C23H20ClFN6O3. The molecule has 2 aliphatic heterocycles. The summed E-state index contributed by atoms with van der Waals surface area (Å²) in [5, 5.41) is 5.76. The van der Waals surface area contributed by atoms with Crippen molar-refractivity contribution in [3.05, 3.63) is 63.9 Å². The molecule has 3 N–H and O–H groups in total. The van der Waals surface area contributed by atoms with E-state index in [1.807, 2.05) is 6.92 Å². The van der Waals surface area contributed by atoms with Crippen LogP contribution in [0.15, 0.2) is 30.6 Å². The molecule has 1 aromatic carbocycles. The highest BCUT2D eigenvalue weighted by Gasteiger charge is 2.30. The third kappa shape index (κ3) is 4.13. The molecule has 5 rings (SSSR count). The molecule has 174 valence electrons. The predicted octanol–water partition coefficient (Wildman–Crippen LogP) is 3.61. The first kappa shape index (κ1) is 22.1. The van der Waals surface area contributed by atoms with Gasteiger partial charge in [-0.25, -0.2) is 14.4 Å². The summed E-state index contributed by atoms with van der Waals surface area (Å²) in [6, 6.07) is 5.94. The van der Waals surface area contributed by atoms with Crippen LogP contribution in [-0.2, 0) is 9.53 Å². The molecule has 0 bridgehead atoms. The van der Waals surface area contributed by atoms with E-state index in [4.69, 9.17) is 16.3 Å². The lowest BCUT2D eigenvalue weighted by Crippen LogP contribution is -2.40. The highest BCUT2D eigenvalue weighted by atomic mass is 35.5.